The van der Waals surface area contributed by atoms with E-state index in [0.29, 0.717) is 4.67 Å². The number of rotatable bonds is 6. The lowest BCUT2D eigenvalue weighted by molar-refractivity contribution is -0.122. The second kappa shape index (κ2) is 6.29. The SMILES string of the molecule is NC(=O)COCCNC(=O)c1ccc(Br)o1. The van der Waals surface area contributed by atoms with Gasteiger partial charge in [-0.05, 0) is 28.1 Å². The number of hydrogen-bond donors (Lipinski definition) is 2. The van der Waals surface area contributed by atoms with Gasteiger partial charge in [0.2, 0.25) is 5.91 Å². The van der Waals surface area contributed by atoms with Crippen LogP contribution >= 0.6 is 15.9 Å². The monoisotopic (exact) mass is 290 g/mol. The molecule has 0 saturated carbocycles. The first-order valence-electron chi connectivity index (χ1n) is 4.49. The van der Waals surface area contributed by atoms with Crippen LogP contribution < -0.4 is 11.1 Å². The molecule has 1 rings (SSSR count). The summed E-state index contributed by atoms with van der Waals surface area (Å²) >= 11 is 3.09. The predicted octanol–water partition coefficient (Wildman–Crippen LogP) is 0.274. The molecule has 3 N–H and O–H groups in total. The van der Waals surface area contributed by atoms with Gasteiger partial charge >= 0.3 is 0 Å². The van der Waals surface area contributed by atoms with E-state index >= 15 is 0 Å². The molecule has 0 atom stereocenters. The maximum atomic E-state index is 11.4. The fraction of sp³-hybridized carbons (Fsp3) is 0.333. The molecule has 0 aliphatic carbocycles. The van der Waals surface area contributed by atoms with E-state index in [4.69, 9.17) is 14.9 Å². The van der Waals surface area contributed by atoms with Crippen molar-refractivity contribution < 1.29 is 18.7 Å². The Morgan fingerprint density at radius 2 is 2.25 bits per heavy atom. The number of furan rings is 1. The van der Waals surface area contributed by atoms with Crippen molar-refractivity contribution in [3.05, 3.63) is 22.6 Å². The Bertz CT molecular complexity index is 377. The minimum Gasteiger partial charge on any atom is -0.444 e. The van der Waals surface area contributed by atoms with Crippen LogP contribution in [0.25, 0.3) is 0 Å². The Kier molecular flexibility index (Phi) is 5.00. The summed E-state index contributed by atoms with van der Waals surface area (Å²) in [5, 5.41) is 2.56. The third kappa shape index (κ3) is 4.45. The fourth-order valence-corrected chi connectivity index (χ4v) is 1.24. The summed E-state index contributed by atoms with van der Waals surface area (Å²) in [6.07, 6.45) is 0. The third-order valence-corrected chi connectivity index (χ3v) is 2.00. The summed E-state index contributed by atoms with van der Waals surface area (Å²) in [5.74, 6) is -0.670. The average molecular weight is 291 g/mol. The maximum absolute atomic E-state index is 11.4. The van der Waals surface area contributed by atoms with Crippen molar-refractivity contribution in [1.82, 2.24) is 5.32 Å². The number of nitrogens with one attached hydrogen (secondary N) is 1. The summed E-state index contributed by atoms with van der Waals surface area (Å²) in [5.41, 5.74) is 4.86. The van der Waals surface area contributed by atoms with Gasteiger partial charge in [-0.25, -0.2) is 0 Å². The Morgan fingerprint density at radius 1 is 1.50 bits per heavy atom. The number of halogens is 1. The van der Waals surface area contributed by atoms with E-state index in [1.807, 2.05) is 0 Å². The standard InChI is InChI=1S/C9H11BrN2O4/c10-7-2-1-6(16-7)9(14)12-3-4-15-5-8(11)13/h1-2H,3-5H2,(H2,11,13)(H,12,14). The predicted molar refractivity (Wildman–Crippen MR) is 58.8 cm³/mol. The van der Waals surface area contributed by atoms with E-state index < -0.39 is 5.91 Å². The molecule has 16 heavy (non-hydrogen) atoms. The molecule has 0 unspecified atom stereocenters. The molecule has 2 amide bonds. The van der Waals surface area contributed by atoms with E-state index in [-0.39, 0.29) is 31.4 Å². The van der Waals surface area contributed by atoms with Gasteiger partial charge in [0, 0.05) is 6.54 Å². The third-order valence-electron chi connectivity index (χ3n) is 1.57. The molecular weight excluding hydrogens is 280 g/mol. The highest BCUT2D eigenvalue weighted by atomic mass is 79.9. The molecule has 1 heterocycles. The number of primary amides is 1. The van der Waals surface area contributed by atoms with Crippen molar-refractivity contribution in [2.24, 2.45) is 5.73 Å². The molecule has 7 heteroatoms. The van der Waals surface area contributed by atoms with Crippen molar-refractivity contribution in [3.63, 3.8) is 0 Å². The van der Waals surface area contributed by atoms with Gasteiger partial charge in [-0.3, -0.25) is 9.59 Å². The smallest absolute Gasteiger partial charge is 0.287 e. The highest BCUT2D eigenvalue weighted by Crippen LogP contribution is 2.13. The number of amides is 2. The molecule has 6 nitrogen and oxygen atoms in total. The first-order valence-corrected chi connectivity index (χ1v) is 5.28. The highest BCUT2D eigenvalue weighted by molar-refractivity contribution is 9.10. The van der Waals surface area contributed by atoms with Gasteiger partial charge in [0.15, 0.2) is 10.4 Å². The fourth-order valence-electron chi connectivity index (χ4n) is 0.933. The van der Waals surface area contributed by atoms with Crippen LogP contribution in [0.2, 0.25) is 0 Å². The van der Waals surface area contributed by atoms with Gasteiger partial charge in [0.25, 0.3) is 5.91 Å². The lowest BCUT2D eigenvalue weighted by atomic mass is 10.4. The van der Waals surface area contributed by atoms with Crippen LogP contribution in [0.4, 0.5) is 0 Å². The van der Waals surface area contributed by atoms with Crippen molar-refractivity contribution in [2.75, 3.05) is 19.8 Å². The number of nitrogens with two attached hydrogens (primary N) is 1. The van der Waals surface area contributed by atoms with Gasteiger partial charge in [-0.1, -0.05) is 0 Å². The van der Waals surface area contributed by atoms with E-state index in [1.54, 1.807) is 12.1 Å². The Hall–Kier alpha value is -1.34. The summed E-state index contributed by atoms with van der Waals surface area (Å²) in [4.78, 5) is 21.7. The van der Waals surface area contributed by atoms with Gasteiger partial charge < -0.3 is 20.2 Å². The molecular formula is C9H11BrN2O4. The van der Waals surface area contributed by atoms with Crippen molar-refractivity contribution in [1.29, 1.82) is 0 Å². The first kappa shape index (κ1) is 12.7. The Morgan fingerprint density at radius 3 is 2.81 bits per heavy atom. The zero-order valence-electron chi connectivity index (χ0n) is 8.36. The van der Waals surface area contributed by atoms with Crippen LogP contribution in [0.5, 0.6) is 0 Å². The number of carbonyl (C=O) groups is 2. The molecule has 0 fully saturated rings. The second-order valence-electron chi connectivity index (χ2n) is 2.88. The van der Waals surface area contributed by atoms with Gasteiger partial charge in [-0.2, -0.15) is 0 Å². The quantitative estimate of drug-likeness (QED) is 0.736. The molecule has 0 bridgehead atoms. The Balaban J connectivity index is 2.18. The number of hydrogen-bond acceptors (Lipinski definition) is 4. The lowest BCUT2D eigenvalue weighted by Gasteiger charge is -2.03. The highest BCUT2D eigenvalue weighted by Gasteiger charge is 2.09. The Labute approximate surface area is 100 Å². The zero-order chi connectivity index (χ0) is 12.0. The van der Waals surface area contributed by atoms with Gasteiger partial charge in [0.05, 0.1) is 6.61 Å². The molecule has 1 aromatic heterocycles. The van der Waals surface area contributed by atoms with Crippen LogP contribution in [0.3, 0.4) is 0 Å². The molecule has 0 spiro atoms. The normalized spacial score (nSPS) is 10.1. The first-order chi connectivity index (χ1) is 7.59. The summed E-state index contributed by atoms with van der Waals surface area (Å²) in [6, 6.07) is 3.17. The van der Waals surface area contributed by atoms with E-state index in [9.17, 15) is 9.59 Å². The molecule has 0 aromatic carbocycles. The van der Waals surface area contributed by atoms with Gasteiger partial charge in [0.1, 0.15) is 6.61 Å². The maximum Gasteiger partial charge on any atom is 0.287 e. The van der Waals surface area contributed by atoms with Crippen molar-refractivity contribution in [3.8, 4) is 0 Å². The van der Waals surface area contributed by atoms with Crippen LogP contribution in [0.1, 0.15) is 10.6 Å². The summed E-state index contributed by atoms with van der Waals surface area (Å²) < 4.78 is 10.4. The van der Waals surface area contributed by atoms with Gasteiger partial charge in [-0.15, -0.1) is 0 Å². The minimum absolute atomic E-state index is 0.151. The van der Waals surface area contributed by atoms with E-state index in [2.05, 4.69) is 21.2 Å². The molecule has 0 radical (unpaired) electrons. The molecule has 0 aliphatic heterocycles. The number of carbonyl (C=O) groups excluding carboxylic acids is 2. The van der Waals surface area contributed by atoms with Crippen LogP contribution in [0.15, 0.2) is 21.2 Å². The van der Waals surface area contributed by atoms with Crippen molar-refractivity contribution >= 4 is 27.7 Å². The molecule has 0 aliphatic rings. The van der Waals surface area contributed by atoms with Crippen LogP contribution in [-0.2, 0) is 9.53 Å². The summed E-state index contributed by atoms with van der Waals surface area (Å²) in [7, 11) is 0. The summed E-state index contributed by atoms with van der Waals surface area (Å²) in [6.45, 7) is 0.350. The van der Waals surface area contributed by atoms with E-state index in [0.717, 1.165) is 0 Å². The minimum atomic E-state index is -0.540. The zero-order valence-corrected chi connectivity index (χ0v) is 9.95. The topological polar surface area (TPSA) is 94.6 Å². The lowest BCUT2D eigenvalue weighted by Crippen LogP contribution is -2.28. The van der Waals surface area contributed by atoms with Crippen molar-refractivity contribution in [2.45, 2.75) is 0 Å². The average Bonchev–Trinajstić information content (AvgIpc) is 2.63. The number of ether oxygens (including phenoxy) is 1. The molecule has 1 aromatic rings. The van der Waals surface area contributed by atoms with Crippen LogP contribution in [-0.4, -0.2) is 31.6 Å². The molecule has 88 valence electrons. The largest absolute Gasteiger partial charge is 0.444 e. The second-order valence-corrected chi connectivity index (χ2v) is 3.66. The van der Waals surface area contributed by atoms with Crippen LogP contribution in [0, 0.1) is 0 Å². The van der Waals surface area contributed by atoms with E-state index in [1.165, 1.54) is 0 Å². The molecule has 0 saturated heterocycles.